The van der Waals surface area contributed by atoms with Crippen molar-refractivity contribution in [3.05, 3.63) is 24.4 Å². The molecule has 0 aromatic carbocycles. The Morgan fingerprint density at radius 3 is 2.90 bits per heavy atom. The zero-order chi connectivity index (χ0) is 7.56. The molecule has 0 radical (unpaired) electrons. The van der Waals surface area contributed by atoms with Crippen LogP contribution in [0.2, 0.25) is 0 Å². The normalized spacial score (nSPS) is 25.2. The fourth-order valence-electron chi connectivity index (χ4n) is 0.902. The van der Waals surface area contributed by atoms with Crippen LogP contribution in [0.15, 0.2) is 24.4 Å². The van der Waals surface area contributed by atoms with E-state index >= 15 is 0 Å². The molecule has 0 aliphatic carbocycles. The molecule has 0 amide bonds. The highest BCUT2D eigenvalue weighted by molar-refractivity contribution is 5.84. The highest BCUT2D eigenvalue weighted by atomic mass is 15.1. The van der Waals surface area contributed by atoms with E-state index in [0.717, 1.165) is 0 Å². The molecule has 1 heterocycles. The first-order valence-electron chi connectivity index (χ1n) is 3.38. The van der Waals surface area contributed by atoms with Gasteiger partial charge in [0.15, 0.2) is 0 Å². The van der Waals surface area contributed by atoms with E-state index in [1.54, 1.807) is 0 Å². The van der Waals surface area contributed by atoms with E-state index < -0.39 is 0 Å². The molecule has 2 nitrogen and oxygen atoms in total. The van der Waals surface area contributed by atoms with Crippen molar-refractivity contribution in [2.75, 3.05) is 7.05 Å². The maximum atomic E-state index is 7.56. The number of hydrogen-bond acceptors (Lipinski definition) is 1. The molecule has 0 saturated heterocycles. The van der Waals surface area contributed by atoms with Crippen LogP contribution in [0.25, 0.3) is 0 Å². The maximum Gasteiger partial charge on any atom is 0.106 e. The summed E-state index contributed by atoms with van der Waals surface area (Å²) in [5, 5.41) is 7.56. The first-order valence-corrected chi connectivity index (χ1v) is 3.38. The van der Waals surface area contributed by atoms with Crippen molar-refractivity contribution >= 4 is 5.84 Å². The lowest BCUT2D eigenvalue weighted by molar-refractivity contribution is 0.641. The fourth-order valence-corrected chi connectivity index (χ4v) is 0.902. The molecule has 0 aromatic rings. The molecule has 1 aliphatic rings. The standard InChI is InChI=1S/C8H12N2/c1-7-5-3-4-6-10(2)8(7)9/h3-7,9H,1-2H3. The van der Waals surface area contributed by atoms with E-state index in [9.17, 15) is 0 Å². The van der Waals surface area contributed by atoms with Crippen LogP contribution in [0, 0.1) is 11.3 Å². The van der Waals surface area contributed by atoms with Gasteiger partial charge in [0.2, 0.25) is 0 Å². The molecule has 0 saturated carbocycles. The summed E-state index contributed by atoms with van der Waals surface area (Å²) >= 11 is 0. The molecule has 2 heteroatoms. The smallest absolute Gasteiger partial charge is 0.106 e. The topological polar surface area (TPSA) is 27.1 Å². The van der Waals surface area contributed by atoms with E-state index in [-0.39, 0.29) is 5.92 Å². The summed E-state index contributed by atoms with van der Waals surface area (Å²) in [6.07, 6.45) is 7.82. The van der Waals surface area contributed by atoms with Crippen molar-refractivity contribution in [2.24, 2.45) is 5.92 Å². The Morgan fingerprint density at radius 1 is 1.50 bits per heavy atom. The number of amidine groups is 1. The lowest BCUT2D eigenvalue weighted by Crippen LogP contribution is -2.24. The SMILES string of the molecule is CC1C=CC=CN(C)C1=N. The van der Waals surface area contributed by atoms with Crippen LogP contribution >= 0.6 is 0 Å². The molecule has 1 aliphatic heterocycles. The van der Waals surface area contributed by atoms with E-state index in [4.69, 9.17) is 5.41 Å². The highest BCUT2D eigenvalue weighted by Gasteiger charge is 2.08. The molecule has 1 atom stereocenters. The fraction of sp³-hybridized carbons (Fsp3) is 0.375. The lowest BCUT2D eigenvalue weighted by atomic mass is 10.1. The molecule has 10 heavy (non-hydrogen) atoms. The molecular weight excluding hydrogens is 124 g/mol. The monoisotopic (exact) mass is 136 g/mol. The van der Waals surface area contributed by atoms with Gasteiger partial charge < -0.3 is 4.90 Å². The third-order valence-electron chi connectivity index (χ3n) is 1.63. The first kappa shape index (κ1) is 7.06. The van der Waals surface area contributed by atoms with E-state index in [0.29, 0.717) is 5.84 Å². The second-order valence-electron chi connectivity index (χ2n) is 2.51. The highest BCUT2D eigenvalue weighted by Crippen LogP contribution is 2.06. The van der Waals surface area contributed by atoms with Crippen LogP contribution in [-0.2, 0) is 0 Å². The Morgan fingerprint density at radius 2 is 2.20 bits per heavy atom. The number of allylic oxidation sites excluding steroid dienone is 2. The van der Waals surface area contributed by atoms with Gasteiger partial charge in [0.05, 0.1) is 0 Å². The Labute approximate surface area is 61.4 Å². The Kier molecular flexibility index (Phi) is 1.90. The second-order valence-corrected chi connectivity index (χ2v) is 2.51. The predicted octanol–water partition coefficient (Wildman–Crippen LogP) is 1.62. The summed E-state index contributed by atoms with van der Waals surface area (Å²) in [6.45, 7) is 2.02. The van der Waals surface area contributed by atoms with Gasteiger partial charge in [0, 0.05) is 19.2 Å². The second kappa shape index (κ2) is 2.69. The van der Waals surface area contributed by atoms with Crippen molar-refractivity contribution in [1.82, 2.24) is 4.90 Å². The minimum Gasteiger partial charge on any atom is -0.340 e. The Hall–Kier alpha value is -1.05. The molecule has 54 valence electrons. The zero-order valence-corrected chi connectivity index (χ0v) is 6.33. The van der Waals surface area contributed by atoms with Gasteiger partial charge in [0.25, 0.3) is 0 Å². The van der Waals surface area contributed by atoms with Crippen LogP contribution in [0.5, 0.6) is 0 Å². The molecule has 0 fully saturated rings. The van der Waals surface area contributed by atoms with Crippen LogP contribution in [-0.4, -0.2) is 17.8 Å². The van der Waals surface area contributed by atoms with Crippen LogP contribution < -0.4 is 0 Å². The molecule has 1 unspecified atom stereocenters. The van der Waals surface area contributed by atoms with Gasteiger partial charge in [-0.25, -0.2) is 0 Å². The largest absolute Gasteiger partial charge is 0.340 e. The quantitative estimate of drug-likeness (QED) is 0.538. The molecule has 0 bridgehead atoms. The summed E-state index contributed by atoms with van der Waals surface area (Å²) in [4.78, 5) is 1.82. The van der Waals surface area contributed by atoms with Crippen molar-refractivity contribution < 1.29 is 0 Å². The van der Waals surface area contributed by atoms with Gasteiger partial charge in [-0.05, 0) is 6.08 Å². The predicted molar refractivity (Wildman–Crippen MR) is 42.9 cm³/mol. The van der Waals surface area contributed by atoms with Gasteiger partial charge in [-0.2, -0.15) is 0 Å². The van der Waals surface area contributed by atoms with Crippen molar-refractivity contribution in [1.29, 1.82) is 5.41 Å². The third-order valence-corrected chi connectivity index (χ3v) is 1.63. The van der Waals surface area contributed by atoms with E-state index in [2.05, 4.69) is 0 Å². The van der Waals surface area contributed by atoms with Gasteiger partial charge in [-0.1, -0.05) is 19.1 Å². The van der Waals surface area contributed by atoms with Gasteiger partial charge in [-0.3, -0.25) is 5.41 Å². The lowest BCUT2D eigenvalue weighted by Gasteiger charge is -2.16. The minimum absolute atomic E-state index is 0.236. The molecular formula is C8H12N2. The van der Waals surface area contributed by atoms with Crippen LogP contribution in [0.4, 0.5) is 0 Å². The molecule has 0 aromatic heterocycles. The number of nitrogens with one attached hydrogen (secondary N) is 1. The minimum atomic E-state index is 0.236. The summed E-state index contributed by atoms with van der Waals surface area (Å²) in [6, 6.07) is 0. The number of rotatable bonds is 0. The zero-order valence-electron chi connectivity index (χ0n) is 6.33. The number of nitrogens with zero attached hydrogens (tertiary/aromatic N) is 1. The number of hydrogen-bond donors (Lipinski definition) is 1. The van der Waals surface area contributed by atoms with E-state index in [1.165, 1.54) is 0 Å². The first-order chi connectivity index (χ1) is 4.72. The van der Waals surface area contributed by atoms with Crippen LogP contribution in [0.3, 0.4) is 0 Å². The molecule has 1 rings (SSSR count). The summed E-state index contributed by atoms with van der Waals surface area (Å²) in [7, 11) is 1.89. The van der Waals surface area contributed by atoms with Gasteiger partial charge in [0.1, 0.15) is 5.84 Å². The van der Waals surface area contributed by atoms with Crippen molar-refractivity contribution in [2.45, 2.75) is 6.92 Å². The summed E-state index contributed by atoms with van der Waals surface area (Å²) < 4.78 is 0. The maximum absolute atomic E-state index is 7.56. The average Bonchev–Trinajstić information content (AvgIpc) is 2.04. The van der Waals surface area contributed by atoms with Crippen molar-refractivity contribution in [3.63, 3.8) is 0 Å². The van der Waals surface area contributed by atoms with E-state index in [1.807, 2.05) is 43.3 Å². The van der Waals surface area contributed by atoms with Gasteiger partial charge >= 0.3 is 0 Å². The third kappa shape index (κ3) is 1.26. The Bertz CT molecular complexity index is 171. The summed E-state index contributed by atoms with van der Waals surface area (Å²) in [5.41, 5.74) is 0. The average molecular weight is 136 g/mol. The van der Waals surface area contributed by atoms with Crippen molar-refractivity contribution in [3.8, 4) is 0 Å². The summed E-state index contributed by atoms with van der Waals surface area (Å²) in [5.74, 6) is 0.880. The Balaban J connectivity index is 2.79. The van der Waals surface area contributed by atoms with Crippen LogP contribution in [0.1, 0.15) is 6.92 Å². The molecule has 0 spiro atoms. The molecule has 1 N–H and O–H groups in total. The van der Waals surface area contributed by atoms with Gasteiger partial charge in [-0.15, -0.1) is 0 Å².